The average molecular weight is 555 g/mol. The summed E-state index contributed by atoms with van der Waals surface area (Å²) in [7, 11) is 0. The largest absolute Gasteiger partial charge is 0.396 e. The summed E-state index contributed by atoms with van der Waals surface area (Å²) in [4.78, 5) is 23.0. The molecule has 0 bridgehead atoms. The Morgan fingerprint density at radius 1 is 1.00 bits per heavy atom. The molecule has 3 heterocycles. The first-order valence-electron chi connectivity index (χ1n) is 13.9. The molecule has 2 fully saturated rings. The molecule has 0 radical (unpaired) electrons. The van der Waals surface area contributed by atoms with Gasteiger partial charge in [-0.15, -0.1) is 0 Å². The molecular formula is C31H37Cl2N3O2. The van der Waals surface area contributed by atoms with E-state index in [1.165, 1.54) is 5.56 Å². The summed E-state index contributed by atoms with van der Waals surface area (Å²) >= 11 is 12.3. The van der Waals surface area contributed by atoms with Crippen LogP contribution in [-0.2, 0) is 12.8 Å². The molecule has 0 unspecified atom stereocenters. The summed E-state index contributed by atoms with van der Waals surface area (Å²) in [5.41, 5.74) is 3.84. The predicted molar refractivity (Wildman–Crippen MR) is 155 cm³/mol. The number of carbonyl (C=O) groups is 1. The topological polar surface area (TPSA) is 56.7 Å². The first-order valence-corrected chi connectivity index (χ1v) is 14.7. The Hall–Kier alpha value is -2.18. The van der Waals surface area contributed by atoms with Crippen LogP contribution in [0.3, 0.4) is 0 Å². The molecule has 2 aliphatic rings. The zero-order valence-electron chi connectivity index (χ0n) is 22.1. The summed E-state index contributed by atoms with van der Waals surface area (Å²) in [5, 5.41) is 12.3. The van der Waals surface area contributed by atoms with Crippen LogP contribution >= 0.6 is 23.2 Å². The summed E-state index contributed by atoms with van der Waals surface area (Å²) in [6, 6.07) is 16.3. The van der Waals surface area contributed by atoms with Gasteiger partial charge in [-0.25, -0.2) is 0 Å². The first kappa shape index (κ1) is 27.4. The maximum absolute atomic E-state index is 13.6. The second-order valence-corrected chi connectivity index (χ2v) is 11.7. The third-order valence-corrected chi connectivity index (χ3v) is 9.15. The predicted octanol–water partition coefficient (Wildman–Crippen LogP) is 6.27. The van der Waals surface area contributed by atoms with Gasteiger partial charge in [0.1, 0.15) is 0 Å². The van der Waals surface area contributed by atoms with E-state index in [9.17, 15) is 9.90 Å². The van der Waals surface area contributed by atoms with E-state index < -0.39 is 0 Å². The van der Waals surface area contributed by atoms with Crippen molar-refractivity contribution in [2.45, 2.75) is 51.5 Å². The van der Waals surface area contributed by atoms with Crippen molar-refractivity contribution < 1.29 is 9.90 Å². The molecule has 2 atom stereocenters. The van der Waals surface area contributed by atoms with Gasteiger partial charge in [0.2, 0.25) is 0 Å². The fourth-order valence-electron chi connectivity index (χ4n) is 6.28. The highest BCUT2D eigenvalue weighted by molar-refractivity contribution is 6.42. The lowest BCUT2D eigenvalue weighted by molar-refractivity contribution is 0.0242. The van der Waals surface area contributed by atoms with Gasteiger partial charge in [-0.3, -0.25) is 14.7 Å². The van der Waals surface area contributed by atoms with Crippen LogP contribution in [0.25, 0.3) is 10.9 Å². The Morgan fingerprint density at radius 3 is 2.53 bits per heavy atom. The number of para-hydroxylation sites is 1. The molecule has 2 aromatic carbocycles. The smallest absolute Gasteiger partial charge is 0.254 e. The number of rotatable bonds is 7. The number of aromatic nitrogens is 1. The standard InChI is InChI=1S/C31H37Cl2N3O2/c1-2-5-24-18-27(26-6-3-4-7-30(26)34-24)31(38)35-14-11-25(12-15-35)36-13-10-22(23(19-36)20-37)16-21-8-9-28(32)29(33)17-21/h3-4,6-9,17-18,22-23,25,37H,2,5,10-16,19-20H2,1H3/t22-,23+/m1/s1. The molecule has 202 valence electrons. The van der Waals surface area contributed by atoms with E-state index in [1.807, 2.05) is 53.4 Å². The van der Waals surface area contributed by atoms with E-state index in [2.05, 4.69) is 11.8 Å². The van der Waals surface area contributed by atoms with Crippen molar-refractivity contribution in [2.24, 2.45) is 11.8 Å². The lowest BCUT2D eigenvalue weighted by Gasteiger charge is -2.44. The third kappa shape index (κ3) is 6.02. The molecule has 0 spiro atoms. The first-order chi connectivity index (χ1) is 18.5. The zero-order chi connectivity index (χ0) is 26.6. The Bertz CT molecular complexity index is 1280. The molecule has 1 amide bonds. The number of nitrogens with zero attached hydrogens (tertiary/aromatic N) is 3. The van der Waals surface area contributed by atoms with E-state index in [1.54, 1.807) is 0 Å². The van der Waals surface area contributed by atoms with Crippen LogP contribution in [0.1, 0.15) is 54.2 Å². The van der Waals surface area contributed by atoms with Crippen molar-refractivity contribution in [3.63, 3.8) is 0 Å². The highest BCUT2D eigenvalue weighted by Gasteiger charge is 2.34. The minimum Gasteiger partial charge on any atom is -0.396 e. The van der Waals surface area contributed by atoms with Crippen molar-refractivity contribution in [2.75, 3.05) is 32.8 Å². The molecule has 0 saturated carbocycles. The number of aliphatic hydroxyl groups is 1. The van der Waals surface area contributed by atoms with Gasteiger partial charge in [0, 0.05) is 43.4 Å². The number of carbonyl (C=O) groups excluding carboxylic acids is 1. The van der Waals surface area contributed by atoms with E-state index in [-0.39, 0.29) is 18.4 Å². The number of aliphatic hydroxyl groups excluding tert-OH is 1. The molecule has 7 heteroatoms. The van der Waals surface area contributed by atoms with Crippen LogP contribution in [0.5, 0.6) is 0 Å². The maximum atomic E-state index is 13.6. The number of hydrogen-bond acceptors (Lipinski definition) is 4. The molecule has 2 aliphatic heterocycles. The quantitative estimate of drug-likeness (QED) is 0.374. The highest BCUT2D eigenvalue weighted by Crippen LogP contribution is 2.32. The number of aryl methyl sites for hydroxylation is 1. The summed E-state index contributed by atoms with van der Waals surface area (Å²) in [6.07, 6.45) is 5.76. The molecule has 1 aromatic heterocycles. The van der Waals surface area contributed by atoms with Gasteiger partial charge in [-0.1, -0.05) is 60.8 Å². The Morgan fingerprint density at radius 2 is 1.79 bits per heavy atom. The molecule has 3 aromatic rings. The van der Waals surface area contributed by atoms with E-state index in [0.717, 1.165) is 86.9 Å². The van der Waals surface area contributed by atoms with E-state index >= 15 is 0 Å². The highest BCUT2D eigenvalue weighted by atomic mass is 35.5. The summed E-state index contributed by atoms with van der Waals surface area (Å²) in [6.45, 7) is 5.77. The van der Waals surface area contributed by atoms with E-state index in [4.69, 9.17) is 28.2 Å². The second kappa shape index (κ2) is 12.3. The Kier molecular flexibility index (Phi) is 8.89. The monoisotopic (exact) mass is 553 g/mol. The molecule has 2 saturated heterocycles. The number of fused-ring (bicyclic) bond motifs is 1. The molecule has 38 heavy (non-hydrogen) atoms. The van der Waals surface area contributed by atoms with Gasteiger partial charge in [-0.2, -0.15) is 0 Å². The van der Waals surface area contributed by atoms with Crippen LogP contribution in [0.15, 0.2) is 48.5 Å². The number of likely N-dealkylation sites (tertiary alicyclic amines) is 2. The SMILES string of the molecule is CCCc1cc(C(=O)N2CCC(N3CC[C@H](Cc4ccc(Cl)c(Cl)c4)[C@H](CO)C3)CC2)c2ccccc2n1. The fraction of sp³-hybridized carbons (Fsp3) is 0.484. The van der Waals surface area contributed by atoms with Gasteiger partial charge in [0.05, 0.1) is 21.1 Å². The van der Waals surface area contributed by atoms with Crippen molar-refractivity contribution in [3.8, 4) is 0 Å². The molecule has 1 N–H and O–H groups in total. The van der Waals surface area contributed by atoms with Crippen LogP contribution < -0.4 is 0 Å². The number of halogens is 2. The van der Waals surface area contributed by atoms with Gasteiger partial charge >= 0.3 is 0 Å². The van der Waals surface area contributed by atoms with Crippen LogP contribution in [0, 0.1) is 11.8 Å². The summed E-state index contributed by atoms with van der Waals surface area (Å²) < 4.78 is 0. The fourth-order valence-corrected chi connectivity index (χ4v) is 6.60. The van der Waals surface area contributed by atoms with Crippen molar-refractivity contribution >= 4 is 40.0 Å². The maximum Gasteiger partial charge on any atom is 0.254 e. The van der Waals surface area contributed by atoms with Gasteiger partial charge in [0.25, 0.3) is 5.91 Å². The van der Waals surface area contributed by atoms with Gasteiger partial charge in [0.15, 0.2) is 0 Å². The third-order valence-electron chi connectivity index (χ3n) is 8.41. The second-order valence-electron chi connectivity index (χ2n) is 10.9. The molecular weight excluding hydrogens is 517 g/mol. The van der Waals surface area contributed by atoms with Crippen LogP contribution in [0.2, 0.25) is 10.0 Å². The zero-order valence-corrected chi connectivity index (χ0v) is 23.6. The van der Waals surface area contributed by atoms with Crippen LogP contribution in [0.4, 0.5) is 0 Å². The van der Waals surface area contributed by atoms with Gasteiger partial charge < -0.3 is 10.0 Å². The number of benzene rings is 2. The lowest BCUT2D eigenvalue weighted by atomic mass is 9.80. The minimum absolute atomic E-state index is 0.118. The summed E-state index contributed by atoms with van der Waals surface area (Å²) in [5.74, 6) is 0.776. The molecule has 5 rings (SSSR count). The average Bonchev–Trinajstić information content (AvgIpc) is 2.94. The van der Waals surface area contributed by atoms with Gasteiger partial charge in [-0.05, 0) is 80.3 Å². The van der Waals surface area contributed by atoms with E-state index in [0.29, 0.717) is 22.0 Å². The number of piperidine rings is 2. The molecule has 0 aliphatic carbocycles. The van der Waals surface area contributed by atoms with Crippen molar-refractivity contribution in [3.05, 3.63) is 75.4 Å². The number of hydrogen-bond donors (Lipinski definition) is 1. The Balaban J connectivity index is 1.21. The van der Waals surface area contributed by atoms with Crippen LogP contribution in [-0.4, -0.2) is 64.6 Å². The minimum atomic E-state index is 0.118. The normalized spacial score (nSPS) is 21.2. The van der Waals surface area contributed by atoms with Crippen molar-refractivity contribution in [1.29, 1.82) is 0 Å². The number of amides is 1. The van der Waals surface area contributed by atoms with Crippen molar-refractivity contribution in [1.82, 2.24) is 14.8 Å². The Labute approximate surface area is 235 Å². The number of pyridine rings is 1. The molecule has 5 nitrogen and oxygen atoms in total. The lowest BCUT2D eigenvalue weighted by Crippen LogP contribution is -2.52.